The average Bonchev–Trinajstić information content (AvgIpc) is 2.88. The van der Waals surface area contributed by atoms with Crippen molar-refractivity contribution in [1.29, 1.82) is 0 Å². The monoisotopic (exact) mass is 268 g/mol. The minimum atomic E-state index is 0.511. The van der Waals surface area contributed by atoms with Gasteiger partial charge < -0.3 is 14.9 Å². The van der Waals surface area contributed by atoms with Gasteiger partial charge in [-0.15, -0.1) is 10.2 Å². The van der Waals surface area contributed by atoms with Crippen molar-refractivity contribution in [2.75, 3.05) is 19.6 Å². The Bertz CT molecular complexity index is 516. The van der Waals surface area contributed by atoms with Gasteiger partial charge in [0.15, 0.2) is 11.5 Å². The molecule has 2 rings (SSSR count). The Balaban J connectivity index is 2.16. The lowest BCUT2D eigenvalue weighted by molar-refractivity contribution is 0.354. The van der Waals surface area contributed by atoms with Crippen molar-refractivity contribution in [3.05, 3.63) is 35.4 Å². The smallest absolute Gasteiger partial charge is 0.179 e. The molecule has 0 fully saturated rings. The highest BCUT2D eigenvalue weighted by molar-refractivity contribution is 6.32. The summed E-state index contributed by atoms with van der Waals surface area (Å²) in [5.41, 5.74) is 4.06. The van der Waals surface area contributed by atoms with E-state index in [0.717, 1.165) is 5.56 Å². The van der Waals surface area contributed by atoms with Gasteiger partial charge in [-0.25, -0.2) is 4.68 Å². The first-order valence-electron chi connectivity index (χ1n) is 5.23. The number of hydrogen-bond acceptors (Lipinski definition) is 5. The number of aromatic nitrogens is 3. The molecule has 0 saturated carbocycles. The Kier molecular flexibility index (Phi) is 3.88. The SMILES string of the molecule is COc1cc(CNn2cnnc2)cc(Cl)c1OC. The molecule has 7 heteroatoms. The zero-order valence-corrected chi connectivity index (χ0v) is 10.8. The van der Waals surface area contributed by atoms with Gasteiger partial charge in [0, 0.05) is 0 Å². The Labute approximate surface area is 109 Å². The van der Waals surface area contributed by atoms with Crippen LogP contribution in [0.15, 0.2) is 24.8 Å². The minimum absolute atomic E-state index is 0.511. The van der Waals surface area contributed by atoms with Crippen LogP contribution < -0.4 is 14.9 Å². The molecular formula is C11H13ClN4O2. The van der Waals surface area contributed by atoms with Crippen LogP contribution in [0.1, 0.15) is 5.56 Å². The van der Waals surface area contributed by atoms with Crippen LogP contribution in [0.3, 0.4) is 0 Å². The van der Waals surface area contributed by atoms with Crippen LogP contribution in [-0.2, 0) is 6.54 Å². The number of rotatable bonds is 5. The summed E-state index contributed by atoms with van der Waals surface area (Å²) in [5.74, 6) is 1.14. The van der Waals surface area contributed by atoms with Gasteiger partial charge in [-0.05, 0) is 17.7 Å². The molecule has 18 heavy (non-hydrogen) atoms. The van der Waals surface area contributed by atoms with E-state index in [1.807, 2.05) is 12.1 Å². The van der Waals surface area contributed by atoms with E-state index in [4.69, 9.17) is 21.1 Å². The zero-order chi connectivity index (χ0) is 13.0. The van der Waals surface area contributed by atoms with Gasteiger partial charge in [0.05, 0.1) is 25.8 Å². The number of methoxy groups -OCH3 is 2. The van der Waals surface area contributed by atoms with Gasteiger partial charge in [0.25, 0.3) is 0 Å². The molecule has 0 bridgehead atoms. The van der Waals surface area contributed by atoms with Crippen molar-refractivity contribution >= 4 is 11.6 Å². The Morgan fingerprint density at radius 1 is 1.22 bits per heavy atom. The number of hydrogen-bond donors (Lipinski definition) is 1. The van der Waals surface area contributed by atoms with E-state index >= 15 is 0 Å². The molecule has 0 atom stereocenters. The van der Waals surface area contributed by atoms with Crippen LogP contribution in [0.25, 0.3) is 0 Å². The van der Waals surface area contributed by atoms with Crippen LogP contribution in [0.2, 0.25) is 5.02 Å². The normalized spacial score (nSPS) is 10.2. The van der Waals surface area contributed by atoms with Gasteiger partial charge >= 0.3 is 0 Å². The molecule has 96 valence electrons. The summed E-state index contributed by atoms with van der Waals surface area (Å²) in [7, 11) is 3.13. The van der Waals surface area contributed by atoms with Crippen LogP contribution in [0.5, 0.6) is 11.5 Å². The zero-order valence-electron chi connectivity index (χ0n) is 10.1. The van der Waals surface area contributed by atoms with Gasteiger partial charge in [0.1, 0.15) is 12.7 Å². The second-order valence-electron chi connectivity index (χ2n) is 3.52. The molecule has 0 spiro atoms. The Morgan fingerprint density at radius 2 is 1.94 bits per heavy atom. The Morgan fingerprint density at radius 3 is 2.56 bits per heavy atom. The van der Waals surface area contributed by atoms with E-state index in [1.54, 1.807) is 31.6 Å². The van der Waals surface area contributed by atoms with Gasteiger partial charge in [0.2, 0.25) is 0 Å². The molecule has 6 nitrogen and oxygen atoms in total. The fourth-order valence-electron chi connectivity index (χ4n) is 1.54. The molecular weight excluding hydrogens is 256 g/mol. The third-order valence-corrected chi connectivity index (χ3v) is 2.66. The molecule has 0 amide bonds. The average molecular weight is 269 g/mol. The lowest BCUT2D eigenvalue weighted by Crippen LogP contribution is -2.12. The van der Waals surface area contributed by atoms with Gasteiger partial charge in [-0.1, -0.05) is 11.6 Å². The molecule has 0 aliphatic rings. The van der Waals surface area contributed by atoms with E-state index < -0.39 is 0 Å². The third-order valence-electron chi connectivity index (χ3n) is 2.38. The van der Waals surface area contributed by atoms with Crippen molar-refractivity contribution in [2.45, 2.75) is 6.54 Å². The van der Waals surface area contributed by atoms with Crippen molar-refractivity contribution in [2.24, 2.45) is 0 Å². The predicted octanol–water partition coefficient (Wildman–Crippen LogP) is 1.69. The number of nitrogens with one attached hydrogen (secondary N) is 1. The van der Waals surface area contributed by atoms with Crippen molar-refractivity contribution in [3.8, 4) is 11.5 Å². The maximum atomic E-state index is 6.11. The molecule has 0 unspecified atom stereocenters. The molecule has 0 saturated heterocycles. The topological polar surface area (TPSA) is 61.2 Å². The first kappa shape index (κ1) is 12.5. The maximum Gasteiger partial charge on any atom is 0.179 e. The molecule has 1 heterocycles. The second kappa shape index (κ2) is 5.59. The summed E-state index contributed by atoms with van der Waals surface area (Å²) in [5, 5.41) is 7.90. The number of ether oxygens (including phenoxy) is 2. The highest BCUT2D eigenvalue weighted by Gasteiger charge is 2.10. The van der Waals surface area contributed by atoms with E-state index in [2.05, 4.69) is 15.6 Å². The summed E-state index contributed by atoms with van der Waals surface area (Å²) in [6, 6.07) is 3.68. The first-order valence-corrected chi connectivity index (χ1v) is 5.61. The van der Waals surface area contributed by atoms with Crippen molar-refractivity contribution in [1.82, 2.24) is 14.9 Å². The molecule has 0 aliphatic heterocycles. The summed E-state index contributed by atoms with van der Waals surface area (Å²) < 4.78 is 12.1. The highest BCUT2D eigenvalue weighted by atomic mass is 35.5. The summed E-state index contributed by atoms with van der Waals surface area (Å²) >= 11 is 6.11. The van der Waals surface area contributed by atoms with E-state index in [9.17, 15) is 0 Å². The van der Waals surface area contributed by atoms with Crippen LogP contribution in [0, 0.1) is 0 Å². The summed E-state index contributed by atoms with van der Waals surface area (Å²) in [6.45, 7) is 0.568. The highest BCUT2D eigenvalue weighted by Crippen LogP contribution is 2.35. The lowest BCUT2D eigenvalue weighted by Gasteiger charge is -2.12. The van der Waals surface area contributed by atoms with Crippen molar-refractivity contribution in [3.63, 3.8) is 0 Å². The molecule has 0 radical (unpaired) electrons. The summed E-state index contributed by atoms with van der Waals surface area (Å²) in [4.78, 5) is 0. The number of halogens is 1. The van der Waals surface area contributed by atoms with Crippen LogP contribution >= 0.6 is 11.6 Å². The standard InChI is InChI=1S/C11H13ClN4O2/c1-17-10-4-8(3-9(12)11(10)18-2)5-15-16-6-13-14-7-16/h3-4,6-7,15H,5H2,1-2H3. The molecule has 0 aliphatic carbocycles. The van der Waals surface area contributed by atoms with Gasteiger partial charge in [-0.2, -0.15) is 0 Å². The van der Waals surface area contributed by atoms with E-state index in [1.165, 1.54) is 0 Å². The largest absolute Gasteiger partial charge is 0.493 e. The quantitative estimate of drug-likeness (QED) is 0.894. The third kappa shape index (κ3) is 2.65. The summed E-state index contributed by atoms with van der Waals surface area (Å²) in [6.07, 6.45) is 3.14. The first-order chi connectivity index (χ1) is 8.74. The Hall–Kier alpha value is -1.95. The molecule has 1 aromatic heterocycles. The fraction of sp³-hybridized carbons (Fsp3) is 0.273. The number of benzene rings is 1. The van der Waals surface area contributed by atoms with Crippen molar-refractivity contribution < 1.29 is 9.47 Å². The minimum Gasteiger partial charge on any atom is -0.493 e. The predicted molar refractivity (Wildman–Crippen MR) is 67.6 cm³/mol. The van der Waals surface area contributed by atoms with Crippen LogP contribution in [0.4, 0.5) is 0 Å². The lowest BCUT2D eigenvalue weighted by atomic mass is 10.2. The van der Waals surface area contributed by atoms with E-state index in [0.29, 0.717) is 23.1 Å². The molecule has 2 aromatic rings. The van der Waals surface area contributed by atoms with E-state index in [-0.39, 0.29) is 0 Å². The molecule has 1 aromatic carbocycles. The number of nitrogens with zero attached hydrogens (tertiary/aromatic N) is 3. The second-order valence-corrected chi connectivity index (χ2v) is 3.92. The maximum absolute atomic E-state index is 6.11. The fourth-order valence-corrected chi connectivity index (χ4v) is 1.85. The molecule has 1 N–H and O–H groups in total. The van der Waals surface area contributed by atoms with Gasteiger partial charge in [-0.3, -0.25) is 0 Å². The van der Waals surface area contributed by atoms with Crippen LogP contribution in [-0.4, -0.2) is 29.1 Å².